The van der Waals surface area contributed by atoms with Gasteiger partial charge in [-0.2, -0.15) is 0 Å². The van der Waals surface area contributed by atoms with Gasteiger partial charge in [-0.15, -0.1) is 0 Å². The first-order valence-electron chi connectivity index (χ1n) is 4.46. The summed E-state index contributed by atoms with van der Waals surface area (Å²) in [6.45, 7) is 0. The Hall–Kier alpha value is -1.83. The number of hydrogen-bond donors (Lipinski definition) is 2. The average Bonchev–Trinajstić information content (AvgIpc) is 2.56. The summed E-state index contributed by atoms with van der Waals surface area (Å²) in [5.41, 5.74) is 0. The molecule has 0 radical (unpaired) electrons. The van der Waals surface area contributed by atoms with Gasteiger partial charge in [-0.3, -0.25) is 24.3 Å². The minimum Gasteiger partial charge on any atom is -0.760 e. The smallest absolute Gasteiger partial charge is 0.250 e. The topological polar surface area (TPSA) is 112 Å². The molecule has 0 fully saturated rings. The van der Waals surface area contributed by atoms with Gasteiger partial charge >= 0.3 is 0 Å². The van der Waals surface area contributed by atoms with Crippen LogP contribution >= 0.6 is 0 Å². The van der Waals surface area contributed by atoms with E-state index < -0.39 is 11.3 Å². The monoisotopic (exact) mass is 253 g/mol. The molecule has 3 aliphatic rings. The maximum Gasteiger partial charge on any atom is 0.250 e. The van der Waals surface area contributed by atoms with Crippen LogP contribution < -0.4 is 10.5 Å². The summed E-state index contributed by atoms with van der Waals surface area (Å²) < 4.78 is 17.6. The van der Waals surface area contributed by atoms with Crippen molar-refractivity contribution in [2.75, 3.05) is 0 Å². The van der Waals surface area contributed by atoms with E-state index in [1.807, 2.05) is 5.32 Å². The van der Waals surface area contributed by atoms with E-state index in [1.54, 1.807) is 0 Å². The molecule has 0 aromatic carbocycles. The van der Waals surface area contributed by atoms with Gasteiger partial charge in [0.25, 0.3) is 11.8 Å². The SMILES string of the molecule is NS(=O)[O-].O=C1C=CC(=O)N1.c1cc2ccc1=2. The summed E-state index contributed by atoms with van der Waals surface area (Å²) in [7, 11) is 0. The van der Waals surface area contributed by atoms with Crippen LogP contribution in [0.1, 0.15) is 0 Å². The molecule has 0 saturated heterocycles. The molecule has 7 heteroatoms. The fourth-order valence-corrected chi connectivity index (χ4v) is 1.02. The van der Waals surface area contributed by atoms with Crippen molar-refractivity contribution in [3.05, 3.63) is 46.9 Å². The normalized spacial score (nSPS) is 14.9. The molecule has 6 nitrogen and oxygen atoms in total. The van der Waals surface area contributed by atoms with Gasteiger partial charge in [0.15, 0.2) is 0 Å². The molecule has 0 aromatic rings. The third-order valence-electron chi connectivity index (χ3n) is 1.85. The lowest BCUT2D eigenvalue weighted by atomic mass is 10.1. The predicted octanol–water partition coefficient (Wildman–Crippen LogP) is -0.775. The third kappa shape index (κ3) is 4.68. The first kappa shape index (κ1) is 13.2. The van der Waals surface area contributed by atoms with Crippen LogP contribution in [0.2, 0.25) is 0 Å². The predicted molar refractivity (Wildman–Crippen MR) is 59.5 cm³/mol. The molecule has 0 saturated carbocycles. The number of carbonyl (C=O) groups is 2. The van der Waals surface area contributed by atoms with E-state index in [0.29, 0.717) is 0 Å². The van der Waals surface area contributed by atoms with Crippen LogP contribution in [0.3, 0.4) is 0 Å². The zero-order valence-corrected chi connectivity index (χ0v) is 9.40. The summed E-state index contributed by atoms with van der Waals surface area (Å²) in [5.74, 6) is -0.657. The maximum atomic E-state index is 10.0. The molecule has 2 aliphatic carbocycles. The number of nitrogens with two attached hydrogens (primary N) is 1. The highest BCUT2D eigenvalue weighted by Gasteiger charge is 2.06. The molecule has 1 unspecified atom stereocenters. The number of imide groups is 1. The fourth-order valence-electron chi connectivity index (χ4n) is 1.02. The summed E-state index contributed by atoms with van der Waals surface area (Å²) >= 11 is -2.36. The van der Waals surface area contributed by atoms with Crippen molar-refractivity contribution in [3.8, 4) is 0 Å². The average molecular weight is 253 g/mol. The fraction of sp³-hybridized carbons (Fsp3) is 0. The molecule has 1 aliphatic heterocycles. The summed E-state index contributed by atoms with van der Waals surface area (Å²) in [4.78, 5) is 20.1. The lowest BCUT2D eigenvalue weighted by Gasteiger charge is -1.95. The van der Waals surface area contributed by atoms with E-state index in [2.05, 4.69) is 29.4 Å². The Morgan fingerprint density at radius 2 is 1.29 bits per heavy atom. The maximum absolute atomic E-state index is 10.0. The molecule has 1 atom stereocenters. The highest BCUT2D eigenvalue weighted by molar-refractivity contribution is 7.76. The number of amides is 2. The Morgan fingerprint density at radius 3 is 1.35 bits per heavy atom. The summed E-state index contributed by atoms with van der Waals surface area (Å²) in [5, 5.41) is 8.91. The zero-order chi connectivity index (χ0) is 12.8. The molecular formula is C10H9N2O4S-. The summed E-state index contributed by atoms with van der Waals surface area (Å²) in [6.07, 6.45) is 2.39. The van der Waals surface area contributed by atoms with Gasteiger partial charge in [-0.1, -0.05) is 24.3 Å². The van der Waals surface area contributed by atoms with Gasteiger partial charge in [-0.25, -0.2) is 0 Å². The molecule has 1 heterocycles. The Bertz CT molecular complexity index is 512. The number of hydrogen-bond acceptors (Lipinski definition) is 4. The molecule has 2 amide bonds. The van der Waals surface area contributed by atoms with Crippen molar-refractivity contribution in [2.24, 2.45) is 5.14 Å². The lowest BCUT2D eigenvalue weighted by Crippen LogP contribution is -2.19. The molecule has 0 aromatic heterocycles. The molecule has 17 heavy (non-hydrogen) atoms. The van der Waals surface area contributed by atoms with E-state index in [-0.39, 0.29) is 11.8 Å². The van der Waals surface area contributed by atoms with Crippen LogP contribution in [-0.2, 0) is 20.9 Å². The van der Waals surface area contributed by atoms with Crippen LogP contribution in [0.15, 0.2) is 36.4 Å². The van der Waals surface area contributed by atoms with Crippen LogP contribution in [0.25, 0.3) is 0 Å². The number of rotatable bonds is 0. The first-order valence-corrected chi connectivity index (χ1v) is 5.60. The third-order valence-corrected chi connectivity index (χ3v) is 1.85. The van der Waals surface area contributed by atoms with E-state index in [4.69, 9.17) is 8.76 Å². The minimum atomic E-state index is -2.36. The quantitative estimate of drug-likeness (QED) is 0.474. The Labute approximate surface area is 99.2 Å². The number of carbonyl (C=O) groups excluding carboxylic acids is 2. The highest BCUT2D eigenvalue weighted by atomic mass is 32.2. The molecule has 90 valence electrons. The minimum absolute atomic E-state index is 0.329. The zero-order valence-electron chi connectivity index (χ0n) is 8.58. The second-order valence-corrected chi connectivity index (χ2v) is 3.55. The Morgan fingerprint density at radius 1 is 1.00 bits per heavy atom. The van der Waals surface area contributed by atoms with Crippen molar-refractivity contribution in [1.82, 2.24) is 5.32 Å². The van der Waals surface area contributed by atoms with Gasteiger partial charge < -0.3 is 4.55 Å². The van der Waals surface area contributed by atoms with Gasteiger partial charge in [0.2, 0.25) is 0 Å². The number of nitrogens with one attached hydrogen (secondary N) is 1. The van der Waals surface area contributed by atoms with Crippen LogP contribution in [0, 0.1) is 10.4 Å². The van der Waals surface area contributed by atoms with Crippen molar-refractivity contribution < 1.29 is 18.4 Å². The second kappa shape index (κ2) is 6.04. The van der Waals surface area contributed by atoms with Crippen molar-refractivity contribution in [2.45, 2.75) is 0 Å². The Kier molecular flexibility index (Phi) is 4.70. The lowest BCUT2D eigenvalue weighted by molar-refractivity contribution is -0.123. The number of benzene rings is 1. The molecule has 3 N–H and O–H groups in total. The summed E-state index contributed by atoms with van der Waals surface area (Å²) in [6, 6.07) is 8.48. The van der Waals surface area contributed by atoms with Gasteiger partial charge in [0.05, 0.1) is 0 Å². The van der Waals surface area contributed by atoms with Gasteiger partial charge in [0.1, 0.15) is 0 Å². The van der Waals surface area contributed by atoms with Crippen LogP contribution in [-0.4, -0.2) is 20.6 Å². The van der Waals surface area contributed by atoms with E-state index in [1.165, 1.54) is 22.6 Å². The van der Waals surface area contributed by atoms with E-state index in [0.717, 1.165) is 0 Å². The standard InChI is InChI=1S/C6H4.C4H3NO2.H3NO2S/c1-2-6-4-3-5(1)6;6-3-1-2-4(7)5-3;1-4(2)3/h1-4H;1-2H,(H,5,6,7);1H2,(H,2,3)/p-1. The largest absolute Gasteiger partial charge is 0.760 e. The van der Waals surface area contributed by atoms with Crippen LogP contribution in [0.5, 0.6) is 0 Å². The Balaban J connectivity index is 0.000000133. The van der Waals surface area contributed by atoms with Crippen molar-refractivity contribution >= 4 is 23.1 Å². The van der Waals surface area contributed by atoms with Gasteiger partial charge in [0, 0.05) is 23.4 Å². The van der Waals surface area contributed by atoms with E-state index >= 15 is 0 Å². The first-order chi connectivity index (χ1) is 7.99. The van der Waals surface area contributed by atoms with Crippen molar-refractivity contribution in [3.63, 3.8) is 0 Å². The van der Waals surface area contributed by atoms with Crippen LogP contribution in [0.4, 0.5) is 0 Å². The van der Waals surface area contributed by atoms with Gasteiger partial charge in [-0.05, 0) is 10.4 Å². The van der Waals surface area contributed by atoms with E-state index in [9.17, 15) is 9.59 Å². The second-order valence-electron chi connectivity index (χ2n) is 3.02. The molecule has 3 rings (SSSR count). The van der Waals surface area contributed by atoms with Crippen molar-refractivity contribution in [1.29, 1.82) is 0 Å². The molecular weight excluding hydrogens is 244 g/mol. The molecule has 0 spiro atoms. The molecule has 0 bridgehead atoms. The highest BCUT2D eigenvalue weighted by Crippen LogP contribution is 2.04.